The van der Waals surface area contributed by atoms with Gasteiger partial charge >= 0.3 is 0 Å². The Morgan fingerprint density at radius 3 is 2.56 bits per heavy atom. The summed E-state index contributed by atoms with van der Waals surface area (Å²) >= 11 is 0. The lowest BCUT2D eigenvalue weighted by molar-refractivity contribution is -0.109. The number of hydrogen-bond donors (Lipinski definition) is 3. The third kappa shape index (κ3) is 1.41. The molecule has 1 aliphatic carbocycles. The number of aliphatic hydroxyl groups excluding tert-OH is 1. The fraction of sp³-hybridized carbons (Fsp3) is 1.00. The van der Waals surface area contributed by atoms with Gasteiger partial charge < -0.3 is 15.5 Å². The summed E-state index contributed by atoms with van der Waals surface area (Å²) in [7, 11) is 1.79. The number of aliphatic hydroxyl groups is 2. The Balaban J connectivity index is 2.23. The van der Waals surface area contributed by atoms with Gasteiger partial charge in [-0.05, 0) is 7.05 Å². The molecule has 0 aromatic heterocycles. The van der Waals surface area contributed by atoms with Crippen LogP contribution in [0.4, 0.5) is 0 Å². The maximum absolute atomic E-state index is 9.36. The van der Waals surface area contributed by atoms with Crippen LogP contribution in [0.2, 0.25) is 0 Å². The molecule has 1 fully saturated rings. The third-order valence-corrected chi connectivity index (χ3v) is 1.74. The van der Waals surface area contributed by atoms with E-state index in [4.69, 9.17) is 5.11 Å². The largest absolute Gasteiger partial charge is 0.393 e. The Morgan fingerprint density at radius 2 is 2.22 bits per heavy atom. The van der Waals surface area contributed by atoms with E-state index in [1.807, 2.05) is 0 Å². The van der Waals surface area contributed by atoms with Gasteiger partial charge in [-0.1, -0.05) is 0 Å². The Labute approximate surface area is 54.7 Å². The van der Waals surface area contributed by atoms with Crippen molar-refractivity contribution in [3.63, 3.8) is 0 Å². The molecule has 0 radical (unpaired) electrons. The topological polar surface area (TPSA) is 52.5 Å². The average Bonchev–Trinajstić information content (AvgIpc) is 1.62. The first-order chi connectivity index (χ1) is 4.16. The highest BCUT2D eigenvalue weighted by Crippen LogP contribution is 2.30. The molecule has 9 heavy (non-hydrogen) atoms. The second-order valence-corrected chi connectivity index (χ2v) is 2.82. The maximum Gasteiger partial charge on any atom is 0.0820 e. The highest BCUT2D eigenvalue weighted by Gasteiger charge is 2.40. The SMILES string of the molecule is CNCC1(O)CC(O)C1. The molecule has 0 atom stereocenters. The van der Waals surface area contributed by atoms with Crippen molar-refractivity contribution in [3.8, 4) is 0 Å². The van der Waals surface area contributed by atoms with E-state index >= 15 is 0 Å². The zero-order valence-corrected chi connectivity index (χ0v) is 5.59. The average molecular weight is 131 g/mol. The van der Waals surface area contributed by atoms with E-state index in [1.54, 1.807) is 7.05 Å². The van der Waals surface area contributed by atoms with Crippen LogP contribution in [0, 0.1) is 0 Å². The van der Waals surface area contributed by atoms with Crippen LogP contribution in [0.15, 0.2) is 0 Å². The molecule has 0 saturated heterocycles. The molecule has 3 heteroatoms. The molecule has 1 aliphatic rings. The number of nitrogens with one attached hydrogen (secondary N) is 1. The van der Waals surface area contributed by atoms with Gasteiger partial charge in [0.1, 0.15) is 0 Å². The van der Waals surface area contributed by atoms with E-state index in [-0.39, 0.29) is 6.10 Å². The molecular weight excluding hydrogens is 118 g/mol. The highest BCUT2D eigenvalue weighted by atomic mass is 16.3. The lowest BCUT2D eigenvalue weighted by atomic mass is 9.78. The van der Waals surface area contributed by atoms with E-state index in [0.29, 0.717) is 19.4 Å². The standard InChI is InChI=1S/C6H13NO2/c1-7-4-6(9)2-5(8)3-6/h5,7-9H,2-4H2,1H3. The van der Waals surface area contributed by atoms with Gasteiger partial charge in [0.15, 0.2) is 0 Å². The molecule has 1 saturated carbocycles. The molecule has 0 aromatic carbocycles. The summed E-state index contributed by atoms with van der Waals surface area (Å²) in [5.41, 5.74) is -0.617. The first-order valence-corrected chi connectivity index (χ1v) is 3.21. The second-order valence-electron chi connectivity index (χ2n) is 2.82. The van der Waals surface area contributed by atoms with E-state index in [9.17, 15) is 5.11 Å². The third-order valence-electron chi connectivity index (χ3n) is 1.74. The van der Waals surface area contributed by atoms with Crippen LogP contribution in [0.5, 0.6) is 0 Å². The smallest absolute Gasteiger partial charge is 0.0820 e. The fourth-order valence-electron chi connectivity index (χ4n) is 1.29. The minimum absolute atomic E-state index is 0.275. The molecule has 1 rings (SSSR count). The van der Waals surface area contributed by atoms with Crippen molar-refractivity contribution in [1.29, 1.82) is 0 Å². The summed E-state index contributed by atoms with van der Waals surface area (Å²) in [5.74, 6) is 0. The van der Waals surface area contributed by atoms with Gasteiger partial charge in [0.2, 0.25) is 0 Å². The van der Waals surface area contributed by atoms with Crippen molar-refractivity contribution >= 4 is 0 Å². The molecule has 54 valence electrons. The van der Waals surface area contributed by atoms with Gasteiger partial charge in [-0.2, -0.15) is 0 Å². The van der Waals surface area contributed by atoms with E-state index in [0.717, 1.165) is 0 Å². The van der Waals surface area contributed by atoms with Crippen LogP contribution in [0.1, 0.15) is 12.8 Å². The van der Waals surface area contributed by atoms with Gasteiger partial charge in [0.05, 0.1) is 11.7 Å². The predicted octanol–water partition coefficient (Wildman–Crippen LogP) is -0.908. The summed E-state index contributed by atoms with van der Waals surface area (Å²) in [4.78, 5) is 0. The first kappa shape index (κ1) is 6.99. The van der Waals surface area contributed by atoms with E-state index < -0.39 is 5.60 Å². The van der Waals surface area contributed by atoms with Crippen molar-refractivity contribution in [3.05, 3.63) is 0 Å². The highest BCUT2D eigenvalue weighted by molar-refractivity contribution is 4.95. The quantitative estimate of drug-likeness (QED) is 0.455. The number of hydrogen-bond acceptors (Lipinski definition) is 3. The molecular formula is C6H13NO2. The van der Waals surface area contributed by atoms with Crippen LogP contribution in [0.3, 0.4) is 0 Å². The molecule has 0 bridgehead atoms. The Hall–Kier alpha value is -0.120. The van der Waals surface area contributed by atoms with Gasteiger partial charge in [-0.25, -0.2) is 0 Å². The minimum atomic E-state index is -0.617. The van der Waals surface area contributed by atoms with Crippen molar-refractivity contribution in [2.24, 2.45) is 0 Å². The molecule has 0 aliphatic heterocycles. The van der Waals surface area contributed by atoms with Crippen LogP contribution in [0.25, 0.3) is 0 Å². The molecule has 3 nitrogen and oxygen atoms in total. The molecule has 0 aromatic rings. The normalized spacial score (nSPS) is 42.3. The summed E-state index contributed by atoms with van der Waals surface area (Å²) in [6.45, 7) is 0.587. The van der Waals surface area contributed by atoms with Crippen LogP contribution >= 0.6 is 0 Å². The molecule has 0 amide bonds. The van der Waals surface area contributed by atoms with Crippen LogP contribution in [-0.2, 0) is 0 Å². The predicted molar refractivity (Wildman–Crippen MR) is 34.1 cm³/mol. The lowest BCUT2D eigenvalue weighted by Crippen LogP contribution is -2.52. The zero-order chi connectivity index (χ0) is 6.91. The summed E-state index contributed by atoms with van der Waals surface area (Å²) in [6.07, 6.45) is 0.769. The number of rotatable bonds is 2. The van der Waals surface area contributed by atoms with Gasteiger partial charge in [0, 0.05) is 19.4 Å². The molecule has 3 N–H and O–H groups in total. The van der Waals surface area contributed by atoms with Crippen molar-refractivity contribution < 1.29 is 10.2 Å². The van der Waals surface area contributed by atoms with Crippen LogP contribution in [-0.4, -0.2) is 35.5 Å². The van der Waals surface area contributed by atoms with Gasteiger partial charge in [-0.15, -0.1) is 0 Å². The van der Waals surface area contributed by atoms with E-state index in [1.165, 1.54) is 0 Å². The molecule has 0 spiro atoms. The minimum Gasteiger partial charge on any atom is -0.393 e. The first-order valence-electron chi connectivity index (χ1n) is 3.21. The number of likely N-dealkylation sites (N-methyl/N-ethyl adjacent to an activating group) is 1. The fourth-order valence-corrected chi connectivity index (χ4v) is 1.29. The Morgan fingerprint density at radius 1 is 1.67 bits per heavy atom. The van der Waals surface area contributed by atoms with Gasteiger partial charge in [-0.3, -0.25) is 0 Å². The molecule has 0 heterocycles. The van der Waals surface area contributed by atoms with E-state index in [2.05, 4.69) is 5.32 Å². The Kier molecular flexibility index (Phi) is 1.75. The van der Waals surface area contributed by atoms with Crippen molar-refractivity contribution in [2.75, 3.05) is 13.6 Å². The summed E-state index contributed by atoms with van der Waals surface area (Å²) in [5, 5.41) is 21.0. The lowest BCUT2D eigenvalue weighted by Gasteiger charge is -2.40. The van der Waals surface area contributed by atoms with Crippen molar-refractivity contribution in [1.82, 2.24) is 5.32 Å². The monoisotopic (exact) mass is 131 g/mol. The van der Waals surface area contributed by atoms with Crippen molar-refractivity contribution in [2.45, 2.75) is 24.5 Å². The summed E-state index contributed by atoms with van der Waals surface area (Å²) in [6, 6.07) is 0. The van der Waals surface area contributed by atoms with Crippen LogP contribution < -0.4 is 5.32 Å². The molecule has 0 unspecified atom stereocenters. The van der Waals surface area contributed by atoms with Gasteiger partial charge in [0.25, 0.3) is 0 Å². The maximum atomic E-state index is 9.36. The Bertz CT molecular complexity index is 93.7. The second kappa shape index (κ2) is 2.25. The summed E-state index contributed by atoms with van der Waals surface area (Å²) < 4.78 is 0. The zero-order valence-electron chi connectivity index (χ0n) is 5.59.